The van der Waals surface area contributed by atoms with E-state index in [9.17, 15) is 9.65 Å². The topological polar surface area (TPSA) is 87.7 Å². The van der Waals surface area contributed by atoms with Crippen LogP contribution in [0.2, 0.25) is 0 Å². The van der Waals surface area contributed by atoms with Crippen LogP contribution in [0, 0.1) is 17.1 Å². The molecule has 1 aromatic carbocycles. The molecule has 3 N–H and O–H groups in total. The number of rotatable bonds is 1. The zero-order valence-corrected chi connectivity index (χ0v) is 15.0. The number of ether oxygens (including phenoxy) is 1. The highest BCUT2D eigenvalue weighted by Crippen LogP contribution is 2.45. The van der Waals surface area contributed by atoms with Gasteiger partial charge in [-0.25, -0.2) is 4.39 Å². The molecule has 0 amide bonds. The molecule has 0 spiro atoms. The van der Waals surface area contributed by atoms with Crippen LogP contribution in [0.25, 0.3) is 0 Å². The van der Waals surface area contributed by atoms with Gasteiger partial charge in [0, 0.05) is 11.1 Å². The predicted octanol–water partition coefficient (Wildman–Crippen LogP) is 3.83. The van der Waals surface area contributed by atoms with E-state index < -0.39 is 5.92 Å². The number of hydrogen-bond donors (Lipinski definition) is 2. The Labute approximate surface area is 147 Å². The zero-order valence-electron chi connectivity index (χ0n) is 13.4. The third-order valence-corrected chi connectivity index (χ3v) is 4.57. The van der Waals surface area contributed by atoms with Crippen LogP contribution >= 0.6 is 15.9 Å². The molecule has 0 fully saturated rings. The summed E-state index contributed by atoms with van der Waals surface area (Å²) in [5.41, 5.74) is 8.30. The molecule has 1 atom stereocenters. The van der Waals surface area contributed by atoms with Crippen LogP contribution in [0.4, 0.5) is 4.39 Å². The number of fused-ring (bicyclic) bond motifs is 1. The van der Waals surface area contributed by atoms with E-state index in [1.165, 1.54) is 6.07 Å². The number of aromatic nitrogens is 2. The first-order chi connectivity index (χ1) is 11.2. The minimum atomic E-state index is -0.469. The smallest absolute Gasteiger partial charge is 0.244 e. The maximum atomic E-state index is 13.6. The average Bonchev–Trinajstić information content (AvgIpc) is 2.92. The lowest BCUT2D eigenvalue weighted by Gasteiger charge is -2.27. The minimum Gasteiger partial charge on any atom is -0.420 e. The molecule has 1 aliphatic rings. The van der Waals surface area contributed by atoms with Gasteiger partial charge in [0.25, 0.3) is 0 Å². The highest BCUT2D eigenvalue weighted by Gasteiger charge is 2.38. The number of nitrogens with one attached hydrogen (secondary N) is 1. The summed E-state index contributed by atoms with van der Waals surface area (Å²) in [6.45, 7) is 6.10. The Balaban J connectivity index is 2.28. The molecular weight excluding hydrogens is 375 g/mol. The van der Waals surface area contributed by atoms with Crippen molar-refractivity contribution in [1.82, 2.24) is 10.2 Å². The highest BCUT2D eigenvalue weighted by atomic mass is 79.9. The van der Waals surface area contributed by atoms with E-state index in [0.29, 0.717) is 10.4 Å². The van der Waals surface area contributed by atoms with Gasteiger partial charge in [0.05, 0.1) is 16.0 Å². The first kappa shape index (κ1) is 16.5. The highest BCUT2D eigenvalue weighted by molar-refractivity contribution is 9.10. The van der Waals surface area contributed by atoms with Crippen molar-refractivity contribution >= 4 is 15.9 Å². The van der Waals surface area contributed by atoms with Crippen molar-refractivity contribution in [2.45, 2.75) is 32.1 Å². The fraction of sp³-hybridized carbons (Fsp3) is 0.294. The predicted molar refractivity (Wildman–Crippen MR) is 90.7 cm³/mol. The first-order valence-corrected chi connectivity index (χ1v) is 8.14. The van der Waals surface area contributed by atoms with Crippen molar-refractivity contribution in [2.75, 3.05) is 0 Å². The molecule has 1 aromatic heterocycles. The van der Waals surface area contributed by atoms with Crippen LogP contribution in [0.15, 0.2) is 34.1 Å². The third-order valence-electron chi connectivity index (χ3n) is 3.97. The van der Waals surface area contributed by atoms with Gasteiger partial charge in [-0.1, -0.05) is 26.8 Å². The molecule has 2 aromatic rings. The van der Waals surface area contributed by atoms with Crippen LogP contribution in [0.3, 0.4) is 0 Å². The fourth-order valence-electron chi connectivity index (χ4n) is 2.84. The Kier molecular flexibility index (Phi) is 3.88. The van der Waals surface area contributed by atoms with Crippen molar-refractivity contribution < 1.29 is 9.13 Å². The Morgan fingerprint density at radius 2 is 2.12 bits per heavy atom. The number of benzene rings is 1. The third kappa shape index (κ3) is 2.57. The number of nitrogens with zero attached hydrogens (tertiary/aromatic N) is 2. The van der Waals surface area contributed by atoms with Crippen molar-refractivity contribution in [3.05, 3.63) is 56.8 Å². The summed E-state index contributed by atoms with van der Waals surface area (Å²) in [5, 5.41) is 16.8. The summed E-state index contributed by atoms with van der Waals surface area (Å²) in [4.78, 5) is 0. The number of nitriles is 1. The van der Waals surface area contributed by atoms with Gasteiger partial charge >= 0.3 is 0 Å². The van der Waals surface area contributed by atoms with E-state index in [4.69, 9.17) is 10.5 Å². The number of aromatic amines is 1. The molecule has 124 valence electrons. The van der Waals surface area contributed by atoms with E-state index in [1.54, 1.807) is 12.1 Å². The van der Waals surface area contributed by atoms with Crippen molar-refractivity contribution in [2.24, 2.45) is 5.73 Å². The SMILES string of the molecule is CC(C)(C)c1[nH]nc2c1C(c1ccc(F)c(Br)c1)C(C#N)=C(N)O2. The number of H-pyrrole nitrogens is 1. The maximum Gasteiger partial charge on any atom is 0.244 e. The lowest BCUT2D eigenvalue weighted by Crippen LogP contribution is -2.23. The quantitative estimate of drug-likeness (QED) is 0.774. The van der Waals surface area contributed by atoms with Gasteiger partial charge in [-0.3, -0.25) is 5.10 Å². The van der Waals surface area contributed by atoms with Crippen LogP contribution in [-0.2, 0) is 5.41 Å². The van der Waals surface area contributed by atoms with Gasteiger partial charge < -0.3 is 10.5 Å². The normalized spacial score (nSPS) is 17.2. The molecular formula is C17H16BrFN4O. The molecule has 1 unspecified atom stereocenters. The van der Waals surface area contributed by atoms with E-state index in [-0.39, 0.29) is 22.7 Å². The molecule has 2 heterocycles. The molecule has 7 heteroatoms. The van der Waals surface area contributed by atoms with Crippen molar-refractivity contribution in [3.63, 3.8) is 0 Å². The molecule has 0 radical (unpaired) electrons. The largest absolute Gasteiger partial charge is 0.420 e. The molecule has 24 heavy (non-hydrogen) atoms. The second kappa shape index (κ2) is 5.64. The second-order valence-corrected chi connectivity index (χ2v) is 7.52. The molecule has 0 saturated heterocycles. The first-order valence-electron chi connectivity index (χ1n) is 7.35. The van der Waals surface area contributed by atoms with Gasteiger partial charge in [-0.05, 0) is 33.6 Å². The second-order valence-electron chi connectivity index (χ2n) is 6.67. The number of hydrogen-bond acceptors (Lipinski definition) is 4. The Bertz CT molecular complexity index is 889. The Hall–Kier alpha value is -2.33. The molecule has 5 nitrogen and oxygen atoms in total. The van der Waals surface area contributed by atoms with E-state index >= 15 is 0 Å². The molecule has 0 bridgehead atoms. The van der Waals surface area contributed by atoms with Gasteiger partial charge in [0.2, 0.25) is 11.8 Å². The summed E-state index contributed by atoms with van der Waals surface area (Å²) < 4.78 is 19.5. The summed E-state index contributed by atoms with van der Waals surface area (Å²) in [7, 11) is 0. The Morgan fingerprint density at radius 3 is 2.71 bits per heavy atom. The molecule has 3 rings (SSSR count). The van der Waals surface area contributed by atoms with Crippen LogP contribution in [-0.4, -0.2) is 10.2 Å². The van der Waals surface area contributed by atoms with Crippen molar-refractivity contribution in [3.8, 4) is 11.9 Å². The van der Waals surface area contributed by atoms with E-state index in [1.807, 2.05) is 20.8 Å². The van der Waals surface area contributed by atoms with Gasteiger partial charge in [0.15, 0.2) is 0 Å². The summed E-state index contributed by atoms with van der Waals surface area (Å²) in [6.07, 6.45) is 0. The summed E-state index contributed by atoms with van der Waals surface area (Å²) >= 11 is 3.20. The number of halogens is 2. The van der Waals surface area contributed by atoms with E-state index in [2.05, 4.69) is 32.2 Å². The Morgan fingerprint density at radius 1 is 1.42 bits per heavy atom. The van der Waals surface area contributed by atoms with E-state index in [0.717, 1.165) is 16.8 Å². The average molecular weight is 391 g/mol. The van der Waals surface area contributed by atoms with Gasteiger partial charge in [-0.2, -0.15) is 5.26 Å². The van der Waals surface area contributed by atoms with Gasteiger partial charge in [0.1, 0.15) is 17.5 Å². The lowest BCUT2D eigenvalue weighted by atomic mass is 9.79. The summed E-state index contributed by atoms with van der Waals surface area (Å²) in [6, 6.07) is 6.78. The lowest BCUT2D eigenvalue weighted by molar-refractivity contribution is 0.378. The standard InChI is InChI=1S/C17H16BrFN4O/c1-17(2,3)14-13-12(8-4-5-11(19)10(18)6-8)9(7-20)15(21)24-16(13)23-22-14/h4-6,12H,21H2,1-3H3,(H,22,23). The van der Waals surface area contributed by atoms with Crippen molar-refractivity contribution in [1.29, 1.82) is 5.26 Å². The summed E-state index contributed by atoms with van der Waals surface area (Å²) in [5.74, 6) is -0.474. The van der Waals surface area contributed by atoms with Crippen LogP contribution in [0.1, 0.15) is 43.5 Å². The zero-order chi connectivity index (χ0) is 17.6. The number of allylic oxidation sites excluding steroid dienone is 1. The van der Waals surface area contributed by atoms with Crippen LogP contribution < -0.4 is 10.5 Å². The molecule has 0 saturated carbocycles. The maximum absolute atomic E-state index is 13.6. The fourth-order valence-corrected chi connectivity index (χ4v) is 3.24. The van der Waals surface area contributed by atoms with Crippen LogP contribution in [0.5, 0.6) is 5.88 Å². The minimum absolute atomic E-state index is 0.0161. The number of nitrogens with two attached hydrogens (primary N) is 1. The van der Waals surface area contributed by atoms with Gasteiger partial charge in [-0.15, -0.1) is 5.10 Å². The molecule has 1 aliphatic heterocycles. The monoisotopic (exact) mass is 390 g/mol. The molecule has 0 aliphatic carbocycles.